The zero-order chi connectivity index (χ0) is 11.9. The molecule has 4 fully saturated rings. The van der Waals surface area contributed by atoms with Crippen LogP contribution in [-0.2, 0) is 0 Å². The van der Waals surface area contributed by atoms with Crippen LogP contribution in [0.2, 0.25) is 0 Å². The molecule has 4 aliphatic rings. The van der Waals surface area contributed by atoms with Crippen LogP contribution in [0.4, 0.5) is 0 Å². The van der Waals surface area contributed by atoms with Crippen molar-refractivity contribution >= 4 is 0 Å². The minimum atomic E-state index is -0.182. The third-order valence-corrected chi connectivity index (χ3v) is 5.35. The Morgan fingerprint density at radius 3 is 2.12 bits per heavy atom. The van der Waals surface area contributed by atoms with E-state index >= 15 is 0 Å². The second-order valence-corrected chi connectivity index (χ2v) is 6.91. The molecule has 4 bridgehead atoms. The van der Waals surface area contributed by atoms with Gasteiger partial charge in [-0.05, 0) is 75.0 Å². The second-order valence-electron chi connectivity index (χ2n) is 6.91. The Morgan fingerprint density at radius 2 is 1.65 bits per heavy atom. The minimum absolute atomic E-state index is 0.182. The van der Waals surface area contributed by atoms with Crippen molar-refractivity contribution in [3.8, 4) is 11.8 Å². The van der Waals surface area contributed by atoms with Gasteiger partial charge in [0.25, 0.3) is 0 Å². The van der Waals surface area contributed by atoms with Gasteiger partial charge in [0.15, 0.2) is 0 Å². The summed E-state index contributed by atoms with van der Waals surface area (Å²) in [5, 5.41) is 10.1. The Bertz CT molecular complexity index is 311. The lowest BCUT2D eigenvalue weighted by atomic mass is 9.48. The molecule has 4 saturated carbocycles. The molecule has 0 heterocycles. The van der Waals surface area contributed by atoms with E-state index in [9.17, 15) is 5.11 Å². The lowest BCUT2D eigenvalue weighted by Crippen LogP contribution is -2.47. The van der Waals surface area contributed by atoms with Crippen LogP contribution in [0.15, 0.2) is 0 Å². The molecule has 0 aromatic heterocycles. The quantitative estimate of drug-likeness (QED) is 0.740. The van der Waals surface area contributed by atoms with Crippen LogP contribution in [0.5, 0.6) is 0 Å². The maximum Gasteiger partial charge on any atom is 0.0654 e. The van der Waals surface area contributed by atoms with Crippen LogP contribution in [0.1, 0.15) is 58.3 Å². The van der Waals surface area contributed by atoms with Gasteiger partial charge in [-0.15, -0.1) is 11.8 Å². The van der Waals surface area contributed by atoms with Crippen molar-refractivity contribution in [3.05, 3.63) is 0 Å². The van der Waals surface area contributed by atoms with Gasteiger partial charge in [-0.2, -0.15) is 0 Å². The Morgan fingerprint density at radius 1 is 1.12 bits per heavy atom. The molecular weight excluding hydrogens is 208 g/mol. The average Bonchev–Trinajstić information content (AvgIpc) is 2.23. The molecule has 94 valence electrons. The molecule has 1 N–H and O–H groups in total. The van der Waals surface area contributed by atoms with Crippen LogP contribution in [-0.4, -0.2) is 11.2 Å². The molecular formula is C16H24O. The van der Waals surface area contributed by atoms with Crippen molar-refractivity contribution < 1.29 is 5.11 Å². The number of aliphatic hydroxyl groups is 1. The van der Waals surface area contributed by atoms with E-state index < -0.39 is 0 Å². The Kier molecular flexibility index (Phi) is 2.95. The lowest BCUT2D eigenvalue weighted by molar-refractivity contribution is -0.0751. The summed E-state index contributed by atoms with van der Waals surface area (Å²) in [4.78, 5) is 0. The third-order valence-electron chi connectivity index (χ3n) is 5.35. The van der Waals surface area contributed by atoms with Gasteiger partial charge >= 0.3 is 0 Å². The molecule has 1 atom stereocenters. The van der Waals surface area contributed by atoms with E-state index in [-0.39, 0.29) is 6.10 Å². The summed E-state index contributed by atoms with van der Waals surface area (Å²) in [5.74, 6) is 8.90. The molecule has 1 nitrogen and oxygen atoms in total. The zero-order valence-electron chi connectivity index (χ0n) is 10.9. The fraction of sp³-hybridized carbons (Fsp3) is 0.875. The molecule has 0 radical (unpaired) electrons. The van der Waals surface area contributed by atoms with Gasteiger partial charge in [-0.3, -0.25) is 0 Å². The van der Waals surface area contributed by atoms with Crippen molar-refractivity contribution in [3.63, 3.8) is 0 Å². The molecule has 0 amide bonds. The topological polar surface area (TPSA) is 20.2 Å². The highest BCUT2D eigenvalue weighted by atomic mass is 16.3. The summed E-state index contributed by atoms with van der Waals surface area (Å²) >= 11 is 0. The van der Waals surface area contributed by atoms with E-state index in [4.69, 9.17) is 0 Å². The van der Waals surface area contributed by atoms with E-state index in [1.165, 1.54) is 38.5 Å². The second kappa shape index (κ2) is 4.32. The first kappa shape index (κ1) is 11.6. The Hall–Kier alpha value is -0.480. The largest absolute Gasteiger partial charge is 0.392 e. The molecule has 0 spiro atoms. The van der Waals surface area contributed by atoms with Crippen molar-refractivity contribution in [2.75, 3.05) is 0 Å². The van der Waals surface area contributed by atoms with Crippen molar-refractivity contribution in [1.82, 2.24) is 0 Å². The van der Waals surface area contributed by atoms with Crippen LogP contribution < -0.4 is 0 Å². The predicted octanol–water partition coefficient (Wildman–Crippen LogP) is 3.37. The molecule has 1 unspecified atom stereocenters. The Labute approximate surface area is 105 Å². The summed E-state index contributed by atoms with van der Waals surface area (Å²) in [5.41, 5.74) is 0.504. The molecule has 4 rings (SSSR count). The first-order valence-electron chi connectivity index (χ1n) is 7.27. The molecule has 0 aromatic rings. The maximum absolute atomic E-state index is 10.1. The van der Waals surface area contributed by atoms with Crippen LogP contribution in [0.3, 0.4) is 0 Å². The van der Waals surface area contributed by atoms with Crippen molar-refractivity contribution in [2.45, 2.75) is 64.4 Å². The molecule has 0 aliphatic heterocycles. The fourth-order valence-electron chi connectivity index (χ4n) is 5.33. The van der Waals surface area contributed by atoms with Gasteiger partial charge in [0.05, 0.1) is 6.10 Å². The van der Waals surface area contributed by atoms with E-state index in [0.29, 0.717) is 11.8 Å². The SMILES string of the molecule is CC#CCC(O)CC12CC3CC(CC(C3)C1)C2. The predicted molar refractivity (Wildman–Crippen MR) is 69.3 cm³/mol. The summed E-state index contributed by atoms with van der Waals surface area (Å²) in [7, 11) is 0. The van der Waals surface area contributed by atoms with Crippen LogP contribution in [0.25, 0.3) is 0 Å². The lowest BCUT2D eigenvalue weighted by Gasteiger charge is -2.57. The van der Waals surface area contributed by atoms with Crippen molar-refractivity contribution in [1.29, 1.82) is 0 Å². The van der Waals surface area contributed by atoms with Crippen molar-refractivity contribution in [2.24, 2.45) is 23.2 Å². The summed E-state index contributed by atoms with van der Waals surface area (Å²) in [6.45, 7) is 1.86. The summed E-state index contributed by atoms with van der Waals surface area (Å²) < 4.78 is 0. The monoisotopic (exact) mass is 232 g/mol. The van der Waals surface area contributed by atoms with Gasteiger partial charge in [-0.25, -0.2) is 0 Å². The molecule has 0 aromatic carbocycles. The van der Waals surface area contributed by atoms with E-state index in [1.54, 1.807) is 0 Å². The van der Waals surface area contributed by atoms with E-state index in [1.807, 2.05) is 6.92 Å². The third kappa shape index (κ3) is 2.25. The molecule has 4 aliphatic carbocycles. The maximum atomic E-state index is 10.1. The minimum Gasteiger partial charge on any atom is -0.392 e. The molecule has 0 saturated heterocycles. The molecule has 1 heteroatoms. The fourth-order valence-corrected chi connectivity index (χ4v) is 5.33. The van der Waals surface area contributed by atoms with Crippen LogP contribution >= 0.6 is 0 Å². The number of aliphatic hydroxyl groups excluding tert-OH is 1. The van der Waals surface area contributed by atoms with Gasteiger partial charge in [0.2, 0.25) is 0 Å². The Balaban J connectivity index is 1.67. The highest BCUT2D eigenvalue weighted by molar-refractivity contribution is 5.03. The van der Waals surface area contributed by atoms with E-state index in [0.717, 1.165) is 24.2 Å². The first-order valence-corrected chi connectivity index (χ1v) is 7.27. The van der Waals surface area contributed by atoms with Gasteiger partial charge in [0, 0.05) is 6.42 Å². The van der Waals surface area contributed by atoms with Gasteiger partial charge < -0.3 is 5.11 Å². The normalized spacial score (nSPS) is 44.2. The smallest absolute Gasteiger partial charge is 0.0654 e. The number of hydrogen-bond acceptors (Lipinski definition) is 1. The summed E-state index contributed by atoms with van der Waals surface area (Å²) in [6, 6.07) is 0. The number of hydrogen-bond donors (Lipinski definition) is 1. The average molecular weight is 232 g/mol. The van der Waals surface area contributed by atoms with Gasteiger partial charge in [0.1, 0.15) is 0 Å². The summed E-state index contributed by atoms with van der Waals surface area (Å²) in [6.07, 6.45) is 10.2. The zero-order valence-corrected chi connectivity index (χ0v) is 10.9. The highest BCUT2D eigenvalue weighted by Gasteiger charge is 2.51. The highest BCUT2D eigenvalue weighted by Crippen LogP contribution is 2.61. The van der Waals surface area contributed by atoms with E-state index in [2.05, 4.69) is 11.8 Å². The van der Waals surface area contributed by atoms with Gasteiger partial charge in [-0.1, -0.05) is 0 Å². The molecule has 17 heavy (non-hydrogen) atoms. The first-order chi connectivity index (χ1) is 8.19. The van der Waals surface area contributed by atoms with Crippen LogP contribution in [0, 0.1) is 35.0 Å². The number of rotatable bonds is 3. The standard InChI is InChI=1S/C16H24O/c1-2-3-4-15(17)11-16-8-12-5-13(9-16)7-14(6-12)10-16/h12-15,17H,4-11H2,1H3.